The maximum atomic E-state index is 12.2. The number of carbonyl (C=O) groups excluding carboxylic acids is 1. The molecule has 1 rings (SSSR count). The number of amides is 1. The lowest BCUT2D eigenvalue weighted by Gasteiger charge is -2.24. The molecule has 94 valence electrons. The van der Waals surface area contributed by atoms with Gasteiger partial charge in [-0.15, -0.1) is 0 Å². The highest BCUT2D eigenvalue weighted by Gasteiger charge is 2.19. The summed E-state index contributed by atoms with van der Waals surface area (Å²) in [6, 6.07) is 6.84. The normalized spacial score (nSPS) is 12.2. The average Bonchev–Trinajstić information content (AvgIpc) is 2.30. The molecular formula is C14H21NO2. The third-order valence-corrected chi connectivity index (χ3v) is 2.87. The van der Waals surface area contributed by atoms with Crippen LogP contribution in [0.5, 0.6) is 5.75 Å². The molecule has 3 nitrogen and oxygen atoms in total. The van der Waals surface area contributed by atoms with Crippen molar-refractivity contribution in [1.82, 2.24) is 0 Å². The Hall–Kier alpha value is -1.51. The van der Waals surface area contributed by atoms with Gasteiger partial charge in [0.2, 0.25) is 5.91 Å². The number of phenols is 1. The number of nitrogens with zero attached hydrogens (tertiary/aromatic N) is 1. The Labute approximate surface area is 103 Å². The van der Waals surface area contributed by atoms with Crippen LogP contribution in [0.3, 0.4) is 0 Å². The minimum absolute atomic E-state index is 0.0299. The minimum atomic E-state index is 0.0299. The minimum Gasteiger partial charge on any atom is -0.508 e. The van der Waals surface area contributed by atoms with Gasteiger partial charge in [0, 0.05) is 24.2 Å². The molecule has 0 bridgehead atoms. The maximum Gasteiger partial charge on any atom is 0.229 e. The number of anilines is 1. The van der Waals surface area contributed by atoms with Crippen molar-refractivity contribution in [2.24, 2.45) is 5.92 Å². The third-order valence-electron chi connectivity index (χ3n) is 2.87. The van der Waals surface area contributed by atoms with Gasteiger partial charge in [-0.25, -0.2) is 0 Å². The van der Waals surface area contributed by atoms with Gasteiger partial charge >= 0.3 is 0 Å². The predicted molar refractivity (Wildman–Crippen MR) is 70.2 cm³/mol. The molecule has 0 aliphatic carbocycles. The summed E-state index contributed by atoms with van der Waals surface area (Å²) in [7, 11) is 0. The van der Waals surface area contributed by atoms with Gasteiger partial charge in [-0.05, 0) is 25.5 Å². The van der Waals surface area contributed by atoms with Gasteiger partial charge in [0.1, 0.15) is 5.75 Å². The zero-order chi connectivity index (χ0) is 12.8. The lowest BCUT2D eigenvalue weighted by molar-refractivity contribution is -0.122. The molecule has 0 aromatic heterocycles. The van der Waals surface area contributed by atoms with E-state index in [-0.39, 0.29) is 17.6 Å². The van der Waals surface area contributed by atoms with E-state index in [1.165, 1.54) is 0 Å². The van der Waals surface area contributed by atoms with Gasteiger partial charge in [-0.3, -0.25) is 4.79 Å². The average molecular weight is 235 g/mol. The largest absolute Gasteiger partial charge is 0.508 e. The summed E-state index contributed by atoms with van der Waals surface area (Å²) < 4.78 is 0. The first-order valence-corrected chi connectivity index (χ1v) is 6.20. The van der Waals surface area contributed by atoms with Crippen molar-refractivity contribution >= 4 is 11.6 Å². The van der Waals surface area contributed by atoms with E-state index >= 15 is 0 Å². The van der Waals surface area contributed by atoms with E-state index in [0.717, 1.165) is 18.5 Å². The molecule has 0 saturated heterocycles. The number of carbonyl (C=O) groups is 1. The van der Waals surface area contributed by atoms with Gasteiger partial charge in [-0.1, -0.05) is 26.3 Å². The summed E-state index contributed by atoms with van der Waals surface area (Å²) in [6.07, 6.45) is 1.90. The smallest absolute Gasteiger partial charge is 0.229 e. The molecule has 1 N–H and O–H groups in total. The second-order valence-corrected chi connectivity index (χ2v) is 4.29. The monoisotopic (exact) mass is 235 g/mol. The van der Waals surface area contributed by atoms with Crippen molar-refractivity contribution in [3.8, 4) is 5.75 Å². The van der Waals surface area contributed by atoms with E-state index in [1.54, 1.807) is 23.1 Å². The van der Waals surface area contributed by atoms with E-state index in [0.29, 0.717) is 6.54 Å². The van der Waals surface area contributed by atoms with E-state index in [4.69, 9.17) is 0 Å². The number of rotatable bonds is 5. The van der Waals surface area contributed by atoms with Crippen molar-refractivity contribution < 1.29 is 9.90 Å². The number of aromatic hydroxyl groups is 1. The summed E-state index contributed by atoms with van der Waals surface area (Å²) in [5, 5.41) is 9.44. The quantitative estimate of drug-likeness (QED) is 0.851. The third kappa shape index (κ3) is 3.48. The summed E-state index contributed by atoms with van der Waals surface area (Å²) >= 11 is 0. The molecule has 1 atom stereocenters. The zero-order valence-corrected chi connectivity index (χ0v) is 10.8. The molecule has 0 spiro atoms. The molecule has 0 heterocycles. The molecule has 17 heavy (non-hydrogen) atoms. The van der Waals surface area contributed by atoms with Crippen molar-refractivity contribution in [1.29, 1.82) is 0 Å². The van der Waals surface area contributed by atoms with Gasteiger partial charge in [0.15, 0.2) is 0 Å². The molecule has 1 amide bonds. The fourth-order valence-electron chi connectivity index (χ4n) is 1.95. The summed E-state index contributed by atoms with van der Waals surface area (Å²) in [5.74, 6) is 0.346. The van der Waals surface area contributed by atoms with Crippen LogP contribution in [0.15, 0.2) is 24.3 Å². The van der Waals surface area contributed by atoms with Crippen LogP contribution in [-0.2, 0) is 4.79 Å². The first-order chi connectivity index (χ1) is 8.10. The van der Waals surface area contributed by atoms with E-state index in [2.05, 4.69) is 6.92 Å². The Morgan fingerprint density at radius 3 is 2.65 bits per heavy atom. The highest BCUT2D eigenvalue weighted by Crippen LogP contribution is 2.22. The summed E-state index contributed by atoms with van der Waals surface area (Å²) in [5.41, 5.74) is 0.764. The van der Waals surface area contributed by atoms with Gasteiger partial charge in [0.25, 0.3) is 0 Å². The van der Waals surface area contributed by atoms with Crippen molar-refractivity contribution in [2.45, 2.75) is 33.6 Å². The van der Waals surface area contributed by atoms with Crippen LogP contribution < -0.4 is 4.90 Å². The second kappa shape index (κ2) is 6.28. The van der Waals surface area contributed by atoms with Crippen molar-refractivity contribution in [2.75, 3.05) is 11.4 Å². The molecule has 1 aromatic rings. The molecule has 0 radical (unpaired) electrons. The highest BCUT2D eigenvalue weighted by molar-refractivity contribution is 5.94. The lowest BCUT2D eigenvalue weighted by Crippen LogP contribution is -2.35. The first kappa shape index (κ1) is 13.6. The van der Waals surface area contributed by atoms with Gasteiger partial charge in [0.05, 0.1) is 0 Å². The van der Waals surface area contributed by atoms with Crippen LogP contribution in [0.1, 0.15) is 33.6 Å². The van der Waals surface area contributed by atoms with Crippen LogP contribution in [0, 0.1) is 5.92 Å². The Balaban J connectivity index is 2.88. The molecule has 0 fully saturated rings. The predicted octanol–water partition coefficient (Wildman–Crippen LogP) is 3.18. The fraction of sp³-hybridized carbons (Fsp3) is 0.500. The molecule has 1 aromatic carbocycles. The van der Waals surface area contributed by atoms with Crippen LogP contribution in [0.4, 0.5) is 5.69 Å². The van der Waals surface area contributed by atoms with Crippen LogP contribution in [0.25, 0.3) is 0 Å². The number of hydrogen-bond acceptors (Lipinski definition) is 2. The molecular weight excluding hydrogens is 214 g/mol. The molecule has 3 heteroatoms. The molecule has 0 saturated carbocycles. The van der Waals surface area contributed by atoms with E-state index < -0.39 is 0 Å². The van der Waals surface area contributed by atoms with E-state index in [1.807, 2.05) is 19.9 Å². The Morgan fingerprint density at radius 1 is 1.41 bits per heavy atom. The first-order valence-electron chi connectivity index (χ1n) is 6.20. The standard InChI is InChI=1S/C14H21NO2/c1-4-7-11(3)14(17)15(5-2)12-8-6-9-13(16)10-12/h6,8-11,16H,4-5,7H2,1-3H3. The van der Waals surface area contributed by atoms with Crippen LogP contribution >= 0.6 is 0 Å². The van der Waals surface area contributed by atoms with Crippen LogP contribution in [-0.4, -0.2) is 17.6 Å². The highest BCUT2D eigenvalue weighted by atomic mass is 16.3. The van der Waals surface area contributed by atoms with Crippen molar-refractivity contribution in [3.63, 3.8) is 0 Å². The zero-order valence-electron chi connectivity index (χ0n) is 10.8. The molecule has 0 aliphatic heterocycles. The van der Waals surface area contributed by atoms with Crippen molar-refractivity contribution in [3.05, 3.63) is 24.3 Å². The van der Waals surface area contributed by atoms with Gasteiger partial charge in [-0.2, -0.15) is 0 Å². The topological polar surface area (TPSA) is 40.5 Å². The SMILES string of the molecule is CCCC(C)C(=O)N(CC)c1cccc(O)c1. The second-order valence-electron chi connectivity index (χ2n) is 4.29. The fourth-order valence-corrected chi connectivity index (χ4v) is 1.95. The van der Waals surface area contributed by atoms with Crippen LogP contribution in [0.2, 0.25) is 0 Å². The maximum absolute atomic E-state index is 12.2. The Bertz CT molecular complexity index is 376. The van der Waals surface area contributed by atoms with Gasteiger partial charge < -0.3 is 10.0 Å². The number of hydrogen-bond donors (Lipinski definition) is 1. The summed E-state index contributed by atoms with van der Waals surface area (Å²) in [4.78, 5) is 13.9. The molecule has 1 unspecified atom stereocenters. The Kier molecular flexibility index (Phi) is 5.01. The molecule has 0 aliphatic rings. The van der Waals surface area contributed by atoms with E-state index in [9.17, 15) is 9.90 Å². The lowest BCUT2D eigenvalue weighted by atomic mass is 10.0. The Morgan fingerprint density at radius 2 is 2.12 bits per heavy atom. The number of benzene rings is 1. The number of phenolic OH excluding ortho intramolecular Hbond substituents is 1. The summed E-state index contributed by atoms with van der Waals surface area (Å²) in [6.45, 7) is 6.60.